The molecule has 0 saturated carbocycles. The third-order valence-electron chi connectivity index (χ3n) is 3.05. The zero-order chi connectivity index (χ0) is 16.8. The van der Waals surface area contributed by atoms with E-state index in [0.717, 1.165) is 0 Å². The maximum absolute atomic E-state index is 12.2. The van der Waals surface area contributed by atoms with Crippen LogP contribution in [-0.2, 0) is 20.7 Å². The fourth-order valence-corrected chi connectivity index (χ4v) is 2.16. The van der Waals surface area contributed by atoms with Crippen molar-refractivity contribution in [3.05, 3.63) is 52.4 Å². The number of carbonyl (C=O) groups is 2. The lowest BCUT2D eigenvalue weighted by Gasteiger charge is -2.17. The Bertz CT molecular complexity index is 682. The van der Waals surface area contributed by atoms with Crippen molar-refractivity contribution in [3.63, 3.8) is 0 Å². The number of rotatable bonds is 6. The van der Waals surface area contributed by atoms with E-state index in [1.54, 1.807) is 44.2 Å². The maximum atomic E-state index is 12.2. The van der Waals surface area contributed by atoms with E-state index in [1.165, 1.54) is 0 Å². The van der Waals surface area contributed by atoms with Crippen LogP contribution in [0.15, 0.2) is 34.9 Å². The molecule has 122 valence electrons. The Morgan fingerprint density at radius 1 is 1.35 bits per heavy atom. The van der Waals surface area contributed by atoms with Crippen molar-refractivity contribution in [2.24, 2.45) is 0 Å². The van der Waals surface area contributed by atoms with E-state index in [-0.39, 0.29) is 18.9 Å². The summed E-state index contributed by atoms with van der Waals surface area (Å²) in [5, 5.41) is 6.96. The van der Waals surface area contributed by atoms with Crippen LogP contribution in [0.2, 0.25) is 5.02 Å². The van der Waals surface area contributed by atoms with Crippen LogP contribution in [0, 0.1) is 6.92 Å². The number of esters is 1. The van der Waals surface area contributed by atoms with Gasteiger partial charge in [0.2, 0.25) is 5.91 Å². The number of nitrogens with zero attached hydrogens (tertiary/aromatic N) is 1. The summed E-state index contributed by atoms with van der Waals surface area (Å²) < 4.78 is 9.94. The van der Waals surface area contributed by atoms with Crippen molar-refractivity contribution >= 4 is 23.5 Å². The minimum absolute atomic E-state index is 0.0147. The Balaban J connectivity index is 2.12. The van der Waals surface area contributed by atoms with Gasteiger partial charge in [0.1, 0.15) is 5.76 Å². The van der Waals surface area contributed by atoms with Gasteiger partial charge in [0.15, 0.2) is 6.04 Å². The quantitative estimate of drug-likeness (QED) is 0.820. The summed E-state index contributed by atoms with van der Waals surface area (Å²) in [5.41, 5.74) is 1.09. The fraction of sp³-hybridized carbons (Fsp3) is 0.312. The van der Waals surface area contributed by atoms with Gasteiger partial charge >= 0.3 is 5.97 Å². The highest BCUT2D eigenvalue weighted by Crippen LogP contribution is 2.18. The molecular formula is C16H17ClN2O4. The summed E-state index contributed by atoms with van der Waals surface area (Å²) in [6.07, 6.45) is 0.0147. The Morgan fingerprint density at radius 3 is 2.61 bits per heavy atom. The van der Waals surface area contributed by atoms with Crippen LogP contribution in [0.4, 0.5) is 0 Å². The molecule has 0 aliphatic rings. The first-order chi connectivity index (χ1) is 11.0. The summed E-state index contributed by atoms with van der Waals surface area (Å²) in [7, 11) is 0. The van der Waals surface area contributed by atoms with Crippen LogP contribution in [0.25, 0.3) is 0 Å². The molecule has 0 bridgehead atoms. The molecule has 1 heterocycles. The smallest absolute Gasteiger partial charge is 0.333 e. The summed E-state index contributed by atoms with van der Waals surface area (Å²) in [6, 6.07) is 7.41. The van der Waals surface area contributed by atoms with Crippen LogP contribution in [0.1, 0.15) is 30.0 Å². The van der Waals surface area contributed by atoms with Crippen molar-refractivity contribution in [1.82, 2.24) is 10.5 Å². The molecule has 0 fully saturated rings. The lowest BCUT2D eigenvalue weighted by molar-refractivity contribution is -0.147. The lowest BCUT2D eigenvalue weighted by atomic mass is 10.1. The first kappa shape index (κ1) is 17.0. The van der Waals surface area contributed by atoms with Crippen molar-refractivity contribution < 1.29 is 18.8 Å². The summed E-state index contributed by atoms with van der Waals surface area (Å²) in [4.78, 5) is 24.3. The van der Waals surface area contributed by atoms with E-state index in [2.05, 4.69) is 10.5 Å². The Morgan fingerprint density at radius 2 is 2.04 bits per heavy atom. The molecule has 0 radical (unpaired) electrons. The predicted molar refractivity (Wildman–Crippen MR) is 83.9 cm³/mol. The van der Waals surface area contributed by atoms with Crippen molar-refractivity contribution in [2.75, 3.05) is 6.61 Å². The molecule has 6 nitrogen and oxygen atoms in total. The second-order valence-corrected chi connectivity index (χ2v) is 5.35. The molecule has 1 N–H and O–H groups in total. The molecular weight excluding hydrogens is 320 g/mol. The van der Waals surface area contributed by atoms with Gasteiger partial charge in [0.25, 0.3) is 0 Å². The van der Waals surface area contributed by atoms with Gasteiger partial charge in [-0.15, -0.1) is 0 Å². The molecule has 1 atom stereocenters. The normalized spacial score (nSPS) is 11.8. The van der Waals surface area contributed by atoms with Crippen LogP contribution in [-0.4, -0.2) is 23.6 Å². The Labute approximate surface area is 138 Å². The summed E-state index contributed by atoms with van der Waals surface area (Å²) in [5.74, 6) is -0.266. The van der Waals surface area contributed by atoms with E-state index in [4.69, 9.17) is 20.9 Å². The number of ether oxygens (including phenoxy) is 1. The molecule has 1 amide bonds. The number of hydrogen-bond donors (Lipinski definition) is 1. The summed E-state index contributed by atoms with van der Waals surface area (Å²) in [6.45, 7) is 3.67. The molecule has 0 aliphatic heterocycles. The Hall–Kier alpha value is -2.34. The maximum Gasteiger partial charge on any atom is 0.333 e. The second-order valence-electron chi connectivity index (χ2n) is 4.91. The van der Waals surface area contributed by atoms with Gasteiger partial charge in [-0.2, -0.15) is 0 Å². The molecule has 0 spiro atoms. The number of benzene rings is 1. The highest BCUT2D eigenvalue weighted by atomic mass is 35.5. The molecule has 2 aromatic rings. The molecule has 0 aliphatic carbocycles. The predicted octanol–water partition coefficient (Wildman–Crippen LogP) is 2.60. The molecule has 23 heavy (non-hydrogen) atoms. The summed E-state index contributed by atoms with van der Waals surface area (Å²) >= 11 is 5.85. The largest absolute Gasteiger partial charge is 0.464 e. The van der Waals surface area contributed by atoms with Gasteiger partial charge in [-0.3, -0.25) is 4.79 Å². The minimum atomic E-state index is -0.896. The second kappa shape index (κ2) is 7.78. The number of amides is 1. The lowest BCUT2D eigenvalue weighted by Crippen LogP contribution is -2.35. The van der Waals surface area contributed by atoms with E-state index in [1.807, 2.05) is 0 Å². The molecule has 1 aromatic heterocycles. The van der Waals surface area contributed by atoms with E-state index < -0.39 is 12.0 Å². The first-order valence-corrected chi connectivity index (χ1v) is 7.51. The van der Waals surface area contributed by atoms with Crippen molar-refractivity contribution in [2.45, 2.75) is 26.3 Å². The molecule has 0 saturated heterocycles. The van der Waals surface area contributed by atoms with Crippen LogP contribution in [0.3, 0.4) is 0 Å². The van der Waals surface area contributed by atoms with Gasteiger partial charge in [-0.25, -0.2) is 4.79 Å². The van der Waals surface area contributed by atoms with Gasteiger partial charge in [0, 0.05) is 11.1 Å². The highest BCUT2D eigenvalue weighted by molar-refractivity contribution is 6.30. The zero-order valence-corrected chi connectivity index (χ0v) is 13.6. The number of aryl methyl sites for hydroxylation is 1. The average Bonchev–Trinajstić information content (AvgIpc) is 2.91. The molecule has 2 rings (SSSR count). The minimum Gasteiger partial charge on any atom is -0.464 e. The standard InChI is InChI=1S/C16H17ClN2O4/c1-3-22-16(21)15(11-4-6-12(17)7-5-11)18-14(20)9-13-8-10(2)23-19-13/h4-8,15H,3,9H2,1-2H3,(H,18,20)/t15-/m0/s1. The third kappa shape index (κ3) is 4.82. The fourth-order valence-electron chi connectivity index (χ4n) is 2.04. The van der Waals surface area contributed by atoms with Crippen molar-refractivity contribution in [3.8, 4) is 0 Å². The monoisotopic (exact) mass is 336 g/mol. The van der Waals surface area contributed by atoms with E-state index >= 15 is 0 Å². The number of nitrogens with one attached hydrogen (secondary N) is 1. The van der Waals surface area contributed by atoms with Gasteiger partial charge in [-0.1, -0.05) is 28.9 Å². The van der Waals surface area contributed by atoms with Gasteiger partial charge in [0.05, 0.1) is 18.7 Å². The van der Waals surface area contributed by atoms with Gasteiger partial charge in [-0.05, 0) is 31.5 Å². The van der Waals surface area contributed by atoms with Crippen LogP contribution >= 0.6 is 11.6 Å². The first-order valence-electron chi connectivity index (χ1n) is 7.13. The van der Waals surface area contributed by atoms with E-state index in [9.17, 15) is 9.59 Å². The Kier molecular flexibility index (Phi) is 5.76. The van der Waals surface area contributed by atoms with Crippen molar-refractivity contribution in [1.29, 1.82) is 0 Å². The average molecular weight is 337 g/mol. The number of carbonyl (C=O) groups excluding carboxylic acids is 2. The number of halogens is 1. The molecule has 1 aromatic carbocycles. The number of aromatic nitrogens is 1. The zero-order valence-electron chi connectivity index (χ0n) is 12.8. The third-order valence-corrected chi connectivity index (χ3v) is 3.30. The van der Waals surface area contributed by atoms with Gasteiger partial charge < -0.3 is 14.6 Å². The molecule has 0 unspecified atom stereocenters. The highest BCUT2D eigenvalue weighted by Gasteiger charge is 2.24. The van der Waals surface area contributed by atoms with Crippen LogP contribution < -0.4 is 5.32 Å². The SMILES string of the molecule is CCOC(=O)[C@@H](NC(=O)Cc1cc(C)on1)c1ccc(Cl)cc1. The molecule has 7 heteroatoms. The van der Waals surface area contributed by atoms with E-state index in [0.29, 0.717) is 22.0 Å². The topological polar surface area (TPSA) is 81.4 Å². The number of hydrogen-bond acceptors (Lipinski definition) is 5. The van der Waals surface area contributed by atoms with Crippen LogP contribution in [0.5, 0.6) is 0 Å².